The maximum Gasteiger partial charge on any atom is 0.126 e. The second kappa shape index (κ2) is 132. The standard InChI is InChI=1S/3C3H6O.C2H6.2C2H5.2CH3.H2N.H2O.3Y/c3*1-3(2)4;3*1-2;;;;;;;/h3*1-2H3;1-2H3;2*1H2,2H3;2*1H3;2*1H2;;;/q;;;;5*-1;;;;. The fraction of sp³-hybridized carbons (Fsp3) is 0.588. The molecule has 0 bridgehead atoms. The first-order chi connectivity index (χ1) is 8.20. The molecule has 0 atom stereocenters. The van der Waals surface area contributed by atoms with E-state index in [1.807, 2.05) is 13.8 Å². The zero-order chi connectivity index (χ0) is 16.7. The maximum absolute atomic E-state index is 9.44. The average Bonchev–Trinajstić information content (AvgIpc) is 2.23. The summed E-state index contributed by atoms with van der Waals surface area (Å²) in [5, 5.41) is 0. The van der Waals surface area contributed by atoms with Crippen molar-refractivity contribution in [1.82, 2.24) is 0 Å². The molecule has 5 nitrogen and oxygen atoms in total. The van der Waals surface area contributed by atoms with Gasteiger partial charge in [-0.1, -0.05) is 13.8 Å². The Morgan fingerprint density at radius 3 is 0.520 bits per heavy atom. The van der Waals surface area contributed by atoms with Crippen LogP contribution in [-0.4, -0.2) is 22.8 Å². The molecule has 0 aliphatic carbocycles. The van der Waals surface area contributed by atoms with Gasteiger partial charge in [0.25, 0.3) is 0 Å². The van der Waals surface area contributed by atoms with Crippen molar-refractivity contribution in [3.8, 4) is 0 Å². The van der Waals surface area contributed by atoms with Crippen LogP contribution in [0.1, 0.15) is 69.2 Å². The van der Waals surface area contributed by atoms with E-state index in [1.165, 1.54) is 41.5 Å². The Hall–Kier alpha value is 2.24. The Balaban J connectivity index is -0.00000000610. The van der Waals surface area contributed by atoms with Gasteiger partial charge in [0.2, 0.25) is 0 Å². The molecule has 0 aliphatic heterocycles. The van der Waals surface area contributed by atoms with E-state index in [4.69, 9.17) is 0 Å². The molecule has 3 radical (unpaired) electrons. The van der Waals surface area contributed by atoms with E-state index in [0.29, 0.717) is 0 Å². The van der Waals surface area contributed by atoms with Crippen molar-refractivity contribution in [3.63, 3.8) is 0 Å². The van der Waals surface area contributed by atoms with E-state index in [2.05, 4.69) is 13.8 Å². The van der Waals surface area contributed by atoms with Crippen LogP contribution < -0.4 is 0 Å². The van der Waals surface area contributed by atoms with Crippen molar-refractivity contribution in [3.05, 3.63) is 34.9 Å². The van der Waals surface area contributed by atoms with E-state index < -0.39 is 0 Å². The Bertz CT molecular complexity index is 131. The fourth-order valence-electron chi connectivity index (χ4n) is 0. The number of carbonyl (C=O) groups is 3. The third kappa shape index (κ3) is 3070. The Morgan fingerprint density at radius 2 is 0.520 bits per heavy atom. The van der Waals surface area contributed by atoms with Crippen LogP contribution in [0.5, 0.6) is 0 Å². The maximum atomic E-state index is 9.44. The number of hydrogen-bond donors (Lipinski definition) is 0. The minimum absolute atomic E-state index is 0. The van der Waals surface area contributed by atoms with Gasteiger partial charge in [-0.05, 0) is 41.5 Å². The van der Waals surface area contributed by atoms with Crippen LogP contribution in [0.4, 0.5) is 0 Å². The topological polar surface area (TPSA) is 116 Å². The van der Waals surface area contributed by atoms with Crippen molar-refractivity contribution in [1.29, 1.82) is 0 Å². The monoisotopic (exact) mass is 593 g/mol. The summed E-state index contributed by atoms with van der Waals surface area (Å²) < 4.78 is 0. The van der Waals surface area contributed by atoms with Crippen molar-refractivity contribution in [2.75, 3.05) is 0 Å². The van der Waals surface area contributed by atoms with Gasteiger partial charge in [0.05, 0.1) is 0 Å². The van der Waals surface area contributed by atoms with Crippen molar-refractivity contribution in [2.45, 2.75) is 69.2 Å². The molecule has 0 saturated carbocycles. The van der Waals surface area contributed by atoms with Gasteiger partial charge in [-0.3, -0.25) is 0 Å². The number of ketones is 3. The molecule has 0 aliphatic rings. The van der Waals surface area contributed by atoms with Gasteiger partial charge < -0.3 is 54.7 Å². The van der Waals surface area contributed by atoms with Crippen molar-refractivity contribution < 1.29 is 118 Å². The van der Waals surface area contributed by atoms with Crippen LogP contribution >= 0.6 is 0 Å². The fourth-order valence-corrected chi connectivity index (χ4v) is 0. The van der Waals surface area contributed by atoms with Crippen molar-refractivity contribution in [2.24, 2.45) is 0 Å². The largest absolute Gasteiger partial charge is 0.693 e. The number of Topliss-reactive ketones (excluding diaryl/α,β-unsaturated/α-hetero) is 3. The molecule has 0 amide bonds. The minimum Gasteiger partial charge on any atom is -0.693 e. The molecule has 0 aromatic heterocycles. The van der Waals surface area contributed by atoms with Crippen LogP contribution in [-0.2, 0) is 113 Å². The van der Waals surface area contributed by atoms with Gasteiger partial charge in [0.1, 0.15) is 17.3 Å². The van der Waals surface area contributed by atoms with Gasteiger partial charge in [0.15, 0.2) is 0 Å². The third-order valence-corrected chi connectivity index (χ3v) is 0. The molecule has 0 aromatic rings. The minimum atomic E-state index is 0. The van der Waals surface area contributed by atoms with E-state index >= 15 is 0 Å². The first kappa shape index (κ1) is 92.5. The summed E-state index contributed by atoms with van der Waals surface area (Å²) in [4.78, 5) is 28.3. The smallest absolute Gasteiger partial charge is 0.126 e. The molecular formula is C17H44NO4Y3-5. The first-order valence-corrected chi connectivity index (χ1v) is 6.03. The molecule has 0 spiro atoms. The summed E-state index contributed by atoms with van der Waals surface area (Å²) in [5.74, 6) is 0.500. The summed E-state index contributed by atoms with van der Waals surface area (Å²) in [6, 6.07) is 0. The average molecular weight is 593 g/mol. The summed E-state index contributed by atoms with van der Waals surface area (Å²) in [6.07, 6.45) is 0. The first-order valence-electron chi connectivity index (χ1n) is 6.03. The van der Waals surface area contributed by atoms with Gasteiger partial charge in [-0.25, -0.2) is 0 Å². The van der Waals surface area contributed by atoms with Gasteiger partial charge >= 0.3 is 0 Å². The number of hydrogen-bond acceptors (Lipinski definition) is 3. The van der Waals surface area contributed by atoms with Crippen molar-refractivity contribution >= 4 is 17.3 Å². The Morgan fingerprint density at radius 1 is 0.520 bits per heavy atom. The molecule has 0 rings (SSSR count). The number of nitrogens with two attached hydrogens (primary N) is 1. The number of rotatable bonds is 0. The van der Waals surface area contributed by atoms with E-state index in [1.54, 1.807) is 13.8 Å². The van der Waals surface area contributed by atoms with Gasteiger partial charge in [-0.2, -0.15) is 13.8 Å². The van der Waals surface area contributed by atoms with Gasteiger partial charge in [0, 0.05) is 98.1 Å². The predicted octanol–water partition coefficient (Wildman–Crippen LogP) is 5.28. The van der Waals surface area contributed by atoms with Crippen LogP contribution in [0.2, 0.25) is 0 Å². The van der Waals surface area contributed by atoms with Crippen LogP contribution in [0.3, 0.4) is 0 Å². The van der Waals surface area contributed by atoms with E-state index in [-0.39, 0.29) is 142 Å². The van der Waals surface area contributed by atoms with Crippen LogP contribution in [0, 0.1) is 28.7 Å². The molecule has 8 heteroatoms. The normalized spacial score (nSPS) is 3.84. The second-order valence-electron chi connectivity index (χ2n) is 2.72. The van der Waals surface area contributed by atoms with E-state index in [0.717, 1.165) is 0 Å². The molecule has 0 heterocycles. The van der Waals surface area contributed by atoms with E-state index in [9.17, 15) is 14.4 Å². The second-order valence-corrected chi connectivity index (χ2v) is 2.72. The zero-order valence-electron chi connectivity index (χ0n) is 18.9. The quantitative estimate of drug-likeness (QED) is 0.356. The van der Waals surface area contributed by atoms with Gasteiger partial charge in [-0.15, -0.1) is 0 Å². The molecule has 0 aromatic carbocycles. The summed E-state index contributed by atoms with van der Waals surface area (Å²) in [5.41, 5.74) is 0. The third-order valence-electron chi connectivity index (χ3n) is 0. The van der Waals surface area contributed by atoms with Crippen LogP contribution in [0.25, 0.3) is 6.15 Å². The van der Waals surface area contributed by atoms with Crippen LogP contribution in [0.15, 0.2) is 0 Å². The SMILES string of the molecule is CC.CC(C)=O.CC(C)=O.CC(C)=O.O.[CH2-]C.[CH2-]C.[CH3-].[CH3-].[NH2-].[Y].[Y].[Y]. The Labute approximate surface area is 236 Å². The molecule has 4 N–H and O–H groups in total. The Kier molecular flexibility index (Phi) is 489. The molecule has 25 heavy (non-hydrogen) atoms. The molecule has 0 unspecified atom stereocenters. The predicted molar refractivity (Wildman–Crippen MR) is 104 cm³/mol. The molecule has 155 valence electrons. The molecular weight excluding hydrogens is 549 g/mol. The number of carbonyl (C=O) groups excluding carboxylic acids is 3. The molecule has 0 saturated heterocycles. The summed E-state index contributed by atoms with van der Waals surface area (Å²) in [7, 11) is 0. The molecule has 0 fully saturated rings. The summed E-state index contributed by atoms with van der Waals surface area (Å²) in [6.45, 7) is 23.2. The summed E-state index contributed by atoms with van der Waals surface area (Å²) >= 11 is 0. The zero-order valence-corrected chi connectivity index (χ0v) is 27.5.